The molecule has 1 aliphatic heterocycles. The van der Waals surface area contributed by atoms with Crippen molar-refractivity contribution in [2.24, 2.45) is 0 Å². The lowest BCUT2D eigenvalue weighted by molar-refractivity contribution is -0.148. The maximum atomic E-state index is 13.0. The molecule has 2 aromatic carbocycles. The lowest BCUT2D eigenvalue weighted by atomic mass is 10.0. The topological polar surface area (TPSA) is 84.9 Å². The van der Waals surface area contributed by atoms with Gasteiger partial charge < -0.3 is 19.7 Å². The average molecular weight is 424 g/mol. The van der Waals surface area contributed by atoms with Crippen LogP contribution in [0.1, 0.15) is 42.1 Å². The van der Waals surface area contributed by atoms with Crippen LogP contribution >= 0.6 is 0 Å². The molecule has 7 nitrogen and oxygen atoms in total. The zero-order valence-corrected chi connectivity index (χ0v) is 17.9. The van der Waals surface area contributed by atoms with Crippen LogP contribution in [0, 0.1) is 0 Å². The van der Waals surface area contributed by atoms with Gasteiger partial charge >= 0.3 is 5.97 Å². The molecule has 3 rings (SSSR count). The molecule has 1 aliphatic rings. The van der Waals surface area contributed by atoms with Gasteiger partial charge in [-0.3, -0.25) is 14.4 Å². The first-order valence-electron chi connectivity index (χ1n) is 10.5. The fourth-order valence-corrected chi connectivity index (χ4v) is 3.39. The highest BCUT2D eigenvalue weighted by atomic mass is 16.6. The number of hydrogen-bond donors (Lipinski definition) is 1. The van der Waals surface area contributed by atoms with E-state index in [0.29, 0.717) is 30.3 Å². The summed E-state index contributed by atoms with van der Waals surface area (Å²) in [6, 6.07) is 15.7. The number of rotatable bonds is 8. The van der Waals surface area contributed by atoms with Crippen molar-refractivity contribution in [3.63, 3.8) is 0 Å². The average Bonchev–Trinajstić information content (AvgIpc) is 2.78. The fourth-order valence-electron chi connectivity index (χ4n) is 3.39. The summed E-state index contributed by atoms with van der Waals surface area (Å²) in [7, 11) is 0. The second-order valence-corrected chi connectivity index (χ2v) is 7.67. The highest BCUT2D eigenvalue weighted by molar-refractivity contribution is 5.99. The van der Waals surface area contributed by atoms with Crippen LogP contribution in [0.3, 0.4) is 0 Å². The van der Waals surface area contributed by atoms with Gasteiger partial charge in [-0.25, -0.2) is 0 Å². The maximum absolute atomic E-state index is 13.0. The van der Waals surface area contributed by atoms with Crippen LogP contribution in [0.5, 0.6) is 5.75 Å². The Labute approximate surface area is 182 Å². The summed E-state index contributed by atoms with van der Waals surface area (Å²) < 4.78 is 10.7. The molecule has 0 saturated carbocycles. The van der Waals surface area contributed by atoms with Gasteiger partial charge in [0.25, 0.3) is 5.91 Å². The highest BCUT2D eigenvalue weighted by Crippen LogP contribution is 2.18. The smallest absolute Gasteiger partial charge is 0.308 e. The van der Waals surface area contributed by atoms with Crippen LogP contribution in [-0.2, 0) is 14.3 Å². The van der Waals surface area contributed by atoms with Crippen LogP contribution in [0.25, 0.3) is 0 Å². The predicted molar refractivity (Wildman–Crippen MR) is 116 cm³/mol. The van der Waals surface area contributed by atoms with E-state index in [-0.39, 0.29) is 31.4 Å². The molecule has 1 fully saturated rings. The summed E-state index contributed by atoms with van der Waals surface area (Å²) in [4.78, 5) is 39.2. The van der Waals surface area contributed by atoms with E-state index in [0.717, 1.165) is 5.56 Å². The van der Waals surface area contributed by atoms with Gasteiger partial charge in [0.05, 0.1) is 6.42 Å². The number of piperazine rings is 1. The highest BCUT2D eigenvalue weighted by Gasteiger charge is 2.35. The number of esters is 1. The third-order valence-corrected chi connectivity index (χ3v) is 5.13. The zero-order chi connectivity index (χ0) is 22.2. The van der Waals surface area contributed by atoms with Gasteiger partial charge in [-0.1, -0.05) is 44.2 Å². The first-order chi connectivity index (χ1) is 15.0. The number of ether oxygens (including phenoxy) is 2. The van der Waals surface area contributed by atoms with E-state index in [1.54, 1.807) is 12.1 Å². The molecule has 31 heavy (non-hydrogen) atoms. The molecule has 2 amide bonds. The van der Waals surface area contributed by atoms with Gasteiger partial charge in [0.1, 0.15) is 25.0 Å². The van der Waals surface area contributed by atoms with E-state index >= 15 is 0 Å². The first-order valence-corrected chi connectivity index (χ1v) is 10.5. The van der Waals surface area contributed by atoms with Crippen LogP contribution in [0.4, 0.5) is 0 Å². The fraction of sp³-hybridized carbons (Fsp3) is 0.375. The van der Waals surface area contributed by atoms with Crippen molar-refractivity contribution >= 4 is 17.8 Å². The van der Waals surface area contributed by atoms with Crippen molar-refractivity contribution in [3.8, 4) is 5.75 Å². The monoisotopic (exact) mass is 424 g/mol. The summed E-state index contributed by atoms with van der Waals surface area (Å²) >= 11 is 0. The third-order valence-electron chi connectivity index (χ3n) is 5.13. The molecule has 1 N–H and O–H groups in total. The first kappa shape index (κ1) is 22.3. The number of para-hydroxylation sites is 1. The summed E-state index contributed by atoms with van der Waals surface area (Å²) in [5.41, 5.74) is 1.62. The zero-order valence-electron chi connectivity index (χ0n) is 17.9. The standard InChI is InChI=1S/C24H28N2O5/c1-17(2)18-8-10-19(11-9-18)24(29)26-13-12-25-23(28)21(26)16-22(27)31-15-14-30-20-6-4-3-5-7-20/h3-11,17,21H,12-16H2,1-2H3,(H,25,28). The molecular formula is C24H28N2O5. The van der Waals surface area contributed by atoms with Gasteiger partial charge in [-0.15, -0.1) is 0 Å². The Balaban J connectivity index is 1.56. The second-order valence-electron chi connectivity index (χ2n) is 7.67. The largest absolute Gasteiger partial charge is 0.490 e. The SMILES string of the molecule is CC(C)c1ccc(C(=O)N2CCNC(=O)C2CC(=O)OCCOc2ccccc2)cc1. The number of nitrogens with one attached hydrogen (secondary N) is 1. The quantitative estimate of drug-likeness (QED) is 0.520. The minimum absolute atomic E-state index is 0.0622. The number of carbonyl (C=O) groups is 3. The Morgan fingerprint density at radius 2 is 1.77 bits per heavy atom. The van der Waals surface area contributed by atoms with Gasteiger partial charge in [0, 0.05) is 18.7 Å². The van der Waals surface area contributed by atoms with Gasteiger partial charge in [-0.05, 0) is 35.7 Å². The molecule has 7 heteroatoms. The summed E-state index contributed by atoms with van der Waals surface area (Å²) in [5.74, 6) is -0.123. The van der Waals surface area contributed by atoms with E-state index in [1.807, 2.05) is 42.5 Å². The number of amides is 2. The Kier molecular flexibility index (Phi) is 7.65. The number of nitrogens with zero attached hydrogens (tertiary/aromatic N) is 1. The van der Waals surface area contributed by atoms with Crippen molar-refractivity contribution < 1.29 is 23.9 Å². The molecule has 1 atom stereocenters. The van der Waals surface area contributed by atoms with Crippen LogP contribution in [0.15, 0.2) is 54.6 Å². The maximum Gasteiger partial charge on any atom is 0.308 e. The number of hydrogen-bond acceptors (Lipinski definition) is 5. The molecule has 1 saturated heterocycles. The number of benzene rings is 2. The summed E-state index contributed by atoms with van der Waals surface area (Å²) in [5, 5.41) is 2.72. The second kappa shape index (κ2) is 10.6. The lowest BCUT2D eigenvalue weighted by Gasteiger charge is -2.34. The lowest BCUT2D eigenvalue weighted by Crippen LogP contribution is -2.57. The van der Waals surface area contributed by atoms with Crippen LogP contribution in [0.2, 0.25) is 0 Å². The van der Waals surface area contributed by atoms with E-state index in [2.05, 4.69) is 19.2 Å². The van der Waals surface area contributed by atoms with Crippen LogP contribution in [-0.4, -0.2) is 55.0 Å². The van der Waals surface area contributed by atoms with Crippen molar-refractivity contribution in [2.75, 3.05) is 26.3 Å². The van der Waals surface area contributed by atoms with Crippen molar-refractivity contribution in [1.82, 2.24) is 10.2 Å². The van der Waals surface area contributed by atoms with Gasteiger partial charge in [-0.2, -0.15) is 0 Å². The predicted octanol–water partition coefficient (Wildman–Crippen LogP) is 2.76. The van der Waals surface area contributed by atoms with Crippen molar-refractivity contribution in [3.05, 3.63) is 65.7 Å². The normalized spacial score (nSPS) is 16.0. The Morgan fingerprint density at radius 3 is 2.45 bits per heavy atom. The molecule has 1 heterocycles. The van der Waals surface area contributed by atoms with Crippen LogP contribution < -0.4 is 10.1 Å². The molecule has 0 aromatic heterocycles. The van der Waals surface area contributed by atoms with E-state index in [4.69, 9.17) is 9.47 Å². The van der Waals surface area contributed by atoms with Crippen molar-refractivity contribution in [1.29, 1.82) is 0 Å². The molecule has 1 unspecified atom stereocenters. The molecule has 2 aromatic rings. The minimum atomic E-state index is -0.895. The van der Waals surface area contributed by atoms with E-state index in [1.165, 1.54) is 4.90 Å². The minimum Gasteiger partial charge on any atom is -0.490 e. The van der Waals surface area contributed by atoms with Gasteiger partial charge in [0.2, 0.25) is 5.91 Å². The molecule has 0 radical (unpaired) electrons. The molecule has 0 spiro atoms. The summed E-state index contributed by atoms with van der Waals surface area (Å²) in [6.07, 6.45) is -0.201. The molecular weight excluding hydrogens is 396 g/mol. The molecule has 0 aliphatic carbocycles. The van der Waals surface area contributed by atoms with Crippen molar-refractivity contribution in [2.45, 2.75) is 32.2 Å². The Bertz CT molecular complexity index is 896. The van der Waals surface area contributed by atoms with E-state index < -0.39 is 12.0 Å². The number of carbonyl (C=O) groups excluding carboxylic acids is 3. The summed E-state index contributed by atoms with van der Waals surface area (Å²) in [6.45, 7) is 5.12. The van der Waals surface area contributed by atoms with Gasteiger partial charge in [0.15, 0.2) is 0 Å². The third kappa shape index (κ3) is 6.07. The van der Waals surface area contributed by atoms with E-state index in [9.17, 15) is 14.4 Å². The molecule has 0 bridgehead atoms. The Morgan fingerprint density at radius 1 is 1.06 bits per heavy atom. The Hall–Kier alpha value is -3.35. The molecule has 164 valence electrons.